The molecule has 3 rings (SSSR count). The summed E-state index contributed by atoms with van der Waals surface area (Å²) in [5.74, 6) is -0.455. The monoisotopic (exact) mass is 353 g/mol. The van der Waals surface area contributed by atoms with E-state index < -0.39 is 0 Å². The van der Waals surface area contributed by atoms with E-state index in [2.05, 4.69) is 46.4 Å². The van der Waals surface area contributed by atoms with Crippen LogP contribution in [-0.4, -0.2) is 44.0 Å². The van der Waals surface area contributed by atoms with Gasteiger partial charge in [-0.25, -0.2) is 4.39 Å². The minimum absolute atomic E-state index is 0.169. The van der Waals surface area contributed by atoms with Gasteiger partial charge in [-0.1, -0.05) is 24.3 Å². The van der Waals surface area contributed by atoms with E-state index in [0.717, 1.165) is 37.3 Å². The first-order chi connectivity index (χ1) is 12.6. The average Bonchev–Trinajstić information content (AvgIpc) is 2.67. The minimum Gasteiger partial charge on any atom is -0.369 e. The van der Waals surface area contributed by atoms with Gasteiger partial charge >= 0.3 is 0 Å². The quantitative estimate of drug-likeness (QED) is 0.840. The molecule has 0 radical (unpaired) electrons. The zero-order chi connectivity index (χ0) is 18.4. The number of hydrogen-bond acceptors (Lipinski definition) is 3. The first-order valence-electron chi connectivity index (χ1n) is 8.84. The van der Waals surface area contributed by atoms with Crippen molar-refractivity contribution >= 4 is 17.7 Å². The second-order valence-electron chi connectivity index (χ2n) is 6.56. The molecule has 1 heterocycles. The Morgan fingerprint density at radius 2 is 1.69 bits per heavy atom. The standard InChI is InChI=1S/C21H24FN3O/c1-24-12-14-25(15-13-24)20-9-4-18(5-10-20)16-23-21(26)11-6-17-2-7-19(22)8-3-17/h2-11H,12-16H2,1H3,(H,23,26)/b11-6+. The van der Waals surface area contributed by atoms with Gasteiger partial charge in [0.25, 0.3) is 0 Å². The van der Waals surface area contributed by atoms with Gasteiger partial charge in [0.05, 0.1) is 0 Å². The van der Waals surface area contributed by atoms with E-state index in [1.54, 1.807) is 18.2 Å². The van der Waals surface area contributed by atoms with Gasteiger partial charge in [0.1, 0.15) is 5.82 Å². The van der Waals surface area contributed by atoms with Crippen LogP contribution in [0, 0.1) is 5.82 Å². The van der Waals surface area contributed by atoms with Crippen molar-refractivity contribution in [1.29, 1.82) is 0 Å². The van der Waals surface area contributed by atoms with Crippen LogP contribution in [0.25, 0.3) is 6.08 Å². The van der Waals surface area contributed by atoms with Crippen LogP contribution in [0.5, 0.6) is 0 Å². The highest BCUT2D eigenvalue weighted by atomic mass is 19.1. The lowest BCUT2D eigenvalue weighted by Gasteiger charge is -2.34. The number of benzene rings is 2. The first-order valence-corrected chi connectivity index (χ1v) is 8.84. The summed E-state index contributed by atoms with van der Waals surface area (Å²) in [6.07, 6.45) is 3.14. The van der Waals surface area contributed by atoms with E-state index >= 15 is 0 Å². The molecule has 1 aliphatic heterocycles. The summed E-state index contributed by atoms with van der Waals surface area (Å²) in [5.41, 5.74) is 3.08. The smallest absolute Gasteiger partial charge is 0.244 e. The third-order valence-electron chi connectivity index (χ3n) is 4.57. The van der Waals surface area contributed by atoms with Crippen LogP contribution in [-0.2, 0) is 11.3 Å². The van der Waals surface area contributed by atoms with Crippen molar-refractivity contribution < 1.29 is 9.18 Å². The van der Waals surface area contributed by atoms with Crippen LogP contribution in [0.1, 0.15) is 11.1 Å². The van der Waals surface area contributed by atoms with Gasteiger partial charge in [0.2, 0.25) is 5.91 Å². The van der Waals surface area contributed by atoms with E-state index in [-0.39, 0.29) is 11.7 Å². The molecule has 26 heavy (non-hydrogen) atoms. The number of halogens is 1. The third-order valence-corrected chi connectivity index (χ3v) is 4.57. The van der Waals surface area contributed by atoms with Crippen molar-refractivity contribution in [3.8, 4) is 0 Å². The molecule has 0 saturated carbocycles. The van der Waals surface area contributed by atoms with Gasteiger partial charge in [0, 0.05) is 44.5 Å². The maximum Gasteiger partial charge on any atom is 0.244 e. The lowest BCUT2D eigenvalue weighted by Crippen LogP contribution is -2.44. The molecule has 4 nitrogen and oxygen atoms in total. The summed E-state index contributed by atoms with van der Waals surface area (Å²) in [7, 11) is 2.15. The van der Waals surface area contributed by atoms with Crippen molar-refractivity contribution in [1.82, 2.24) is 10.2 Å². The molecule has 1 N–H and O–H groups in total. The van der Waals surface area contributed by atoms with Crippen LogP contribution in [0.2, 0.25) is 0 Å². The molecule has 0 spiro atoms. The van der Waals surface area contributed by atoms with Gasteiger partial charge in [0.15, 0.2) is 0 Å². The molecular weight excluding hydrogens is 329 g/mol. The van der Waals surface area contributed by atoms with Crippen molar-refractivity contribution in [2.75, 3.05) is 38.1 Å². The molecule has 0 aliphatic carbocycles. The van der Waals surface area contributed by atoms with Gasteiger partial charge in [-0.05, 0) is 48.5 Å². The van der Waals surface area contributed by atoms with Gasteiger partial charge in [-0.2, -0.15) is 0 Å². The third kappa shape index (κ3) is 5.17. The fraction of sp³-hybridized carbons (Fsp3) is 0.286. The van der Waals surface area contributed by atoms with E-state index in [1.807, 2.05) is 0 Å². The molecule has 5 heteroatoms. The molecule has 0 atom stereocenters. The highest BCUT2D eigenvalue weighted by molar-refractivity contribution is 5.91. The molecule has 1 fully saturated rings. The zero-order valence-corrected chi connectivity index (χ0v) is 15.0. The molecule has 1 aliphatic rings. The summed E-state index contributed by atoms with van der Waals surface area (Å²) < 4.78 is 12.8. The number of anilines is 1. The Bertz CT molecular complexity index is 748. The van der Waals surface area contributed by atoms with Gasteiger partial charge in [-0.3, -0.25) is 4.79 Å². The molecule has 2 aromatic rings. The number of carbonyl (C=O) groups is 1. The fourth-order valence-corrected chi connectivity index (χ4v) is 2.88. The SMILES string of the molecule is CN1CCN(c2ccc(CNC(=O)/C=C/c3ccc(F)cc3)cc2)CC1. The van der Waals surface area contributed by atoms with Crippen LogP contribution in [0.3, 0.4) is 0 Å². The number of amides is 1. The van der Waals surface area contributed by atoms with Crippen LogP contribution < -0.4 is 10.2 Å². The molecule has 1 saturated heterocycles. The first kappa shape index (κ1) is 18.1. The second-order valence-corrected chi connectivity index (χ2v) is 6.56. The summed E-state index contributed by atoms with van der Waals surface area (Å²) in [5, 5.41) is 2.87. The largest absolute Gasteiger partial charge is 0.369 e. The van der Waals surface area contributed by atoms with Crippen molar-refractivity contribution in [3.63, 3.8) is 0 Å². The maximum atomic E-state index is 12.8. The average molecular weight is 353 g/mol. The summed E-state index contributed by atoms with van der Waals surface area (Å²) in [4.78, 5) is 16.6. The predicted molar refractivity (Wildman–Crippen MR) is 103 cm³/mol. The van der Waals surface area contributed by atoms with Crippen molar-refractivity contribution in [3.05, 3.63) is 71.6 Å². The number of hydrogen-bond donors (Lipinski definition) is 1. The molecule has 0 unspecified atom stereocenters. The Morgan fingerprint density at radius 3 is 2.35 bits per heavy atom. The fourth-order valence-electron chi connectivity index (χ4n) is 2.88. The molecule has 136 valence electrons. The summed E-state index contributed by atoms with van der Waals surface area (Å²) in [6.45, 7) is 4.73. The van der Waals surface area contributed by atoms with Crippen LogP contribution >= 0.6 is 0 Å². The Morgan fingerprint density at radius 1 is 1.04 bits per heavy atom. The highest BCUT2D eigenvalue weighted by Crippen LogP contribution is 2.17. The summed E-state index contributed by atoms with van der Waals surface area (Å²) >= 11 is 0. The maximum absolute atomic E-state index is 12.8. The molecule has 1 amide bonds. The normalized spacial score (nSPS) is 15.4. The van der Waals surface area contributed by atoms with Crippen molar-refractivity contribution in [2.45, 2.75) is 6.54 Å². The lowest BCUT2D eigenvalue weighted by molar-refractivity contribution is -0.116. The lowest BCUT2D eigenvalue weighted by atomic mass is 10.1. The number of nitrogens with zero attached hydrogens (tertiary/aromatic N) is 2. The zero-order valence-electron chi connectivity index (χ0n) is 15.0. The number of rotatable bonds is 5. The Labute approximate surface area is 153 Å². The second kappa shape index (κ2) is 8.63. The number of likely N-dealkylation sites (N-methyl/N-ethyl adjacent to an activating group) is 1. The topological polar surface area (TPSA) is 35.6 Å². The van der Waals surface area contributed by atoms with E-state index in [9.17, 15) is 9.18 Å². The number of carbonyl (C=O) groups excluding carboxylic acids is 1. The Kier molecular flexibility index (Phi) is 6.02. The van der Waals surface area contributed by atoms with Gasteiger partial charge < -0.3 is 15.1 Å². The minimum atomic E-state index is -0.286. The Balaban J connectivity index is 1.48. The Hall–Kier alpha value is -2.66. The molecular formula is C21H24FN3O. The predicted octanol–water partition coefficient (Wildman–Crippen LogP) is 2.91. The highest BCUT2D eigenvalue weighted by Gasteiger charge is 2.13. The van der Waals surface area contributed by atoms with Gasteiger partial charge in [-0.15, -0.1) is 0 Å². The number of piperazine rings is 1. The molecule has 2 aromatic carbocycles. The van der Waals surface area contributed by atoms with Crippen LogP contribution in [0.4, 0.5) is 10.1 Å². The number of nitrogens with one attached hydrogen (secondary N) is 1. The van der Waals surface area contributed by atoms with Crippen molar-refractivity contribution in [2.24, 2.45) is 0 Å². The summed E-state index contributed by atoms with van der Waals surface area (Å²) in [6, 6.07) is 14.4. The molecule has 0 bridgehead atoms. The van der Waals surface area contributed by atoms with Crippen LogP contribution in [0.15, 0.2) is 54.6 Å². The van der Waals surface area contributed by atoms with E-state index in [1.165, 1.54) is 23.9 Å². The molecule has 0 aromatic heterocycles. The van der Waals surface area contributed by atoms with E-state index in [0.29, 0.717) is 6.54 Å². The van der Waals surface area contributed by atoms with E-state index in [4.69, 9.17) is 0 Å².